The van der Waals surface area contributed by atoms with Crippen LogP contribution in [0.5, 0.6) is 11.5 Å². The summed E-state index contributed by atoms with van der Waals surface area (Å²) in [5.41, 5.74) is 2.26. The topological polar surface area (TPSA) is 91.3 Å². The van der Waals surface area contributed by atoms with Crippen LogP contribution in [0.25, 0.3) is 0 Å². The molecule has 2 aromatic carbocycles. The van der Waals surface area contributed by atoms with Crippen LogP contribution in [0.4, 0.5) is 23.7 Å². The standard InChI is InChI=1S/C25H32BrN3O3.C2HF3O2/c1-28-14-13-25(17-5-10-21(31-3)22(15-17)32-4)12-11-19(16-23(25)28)27-24(30)29(2)20-8-6-18(26)7-9-20;3-2(4,5)1(6)7/h5-10,15,19,23H,11-14,16H2,1-4H3,(H,27,30);(H,6,7)/t19-,23+,25+;/m1./s1. The number of halogens is 4. The van der Waals surface area contributed by atoms with Crippen LogP contribution in [-0.4, -0.2) is 75.1 Å². The molecule has 4 rings (SSSR count). The number of likely N-dealkylation sites (N-methyl/N-ethyl adjacent to an activating group) is 1. The van der Waals surface area contributed by atoms with Crippen molar-refractivity contribution in [3.05, 3.63) is 52.5 Å². The van der Waals surface area contributed by atoms with Gasteiger partial charge < -0.3 is 24.8 Å². The number of fused-ring (bicyclic) bond motifs is 1. The first-order valence-electron chi connectivity index (χ1n) is 12.3. The molecule has 214 valence electrons. The molecule has 2 amide bonds. The zero-order valence-corrected chi connectivity index (χ0v) is 23.8. The van der Waals surface area contributed by atoms with Gasteiger partial charge in [-0.15, -0.1) is 0 Å². The third kappa shape index (κ3) is 6.96. The number of carboxylic acid groups (broad SMARTS) is 1. The Bertz CT molecular complexity index is 1160. The summed E-state index contributed by atoms with van der Waals surface area (Å²) in [6.45, 7) is 1.05. The Hall–Kier alpha value is -2.99. The molecule has 1 heterocycles. The van der Waals surface area contributed by atoms with Crippen LogP contribution >= 0.6 is 15.9 Å². The number of likely N-dealkylation sites (tertiary alicyclic amines) is 1. The van der Waals surface area contributed by atoms with Crippen molar-refractivity contribution < 1.29 is 37.3 Å². The molecule has 3 atom stereocenters. The fourth-order valence-corrected chi connectivity index (χ4v) is 5.71. The maximum Gasteiger partial charge on any atom is 0.490 e. The van der Waals surface area contributed by atoms with Gasteiger partial charge in [-0.05, 0) is 81.2 Å². The predicted molar refractivity (Wildman–Crippen MR) is 145 cm³/mol. The highest BCUT2D eigenvalue weighted by Crippen LogP contribution is 2.49. The van der Waals surface area contributed by atoms with Crippen molar-refractivity contribution in [1.29, 1.82) is 0 Å². The van der Waals surface area contributed by atoms with E-state index >= 15 is 0 Å². The fraction of sp³-hybridized carbons (Fsp3) is 0.481. The second-order valence-corrected chi connectivity index (χ2v) is 10.6. The number of urea groups is 1. The summed E-state index contributed by atoms with van der Waals surface area (Å²) in [4.78, 5) is 26.0. The lowest BCUT2D eigenvalue weighted by Gasteiger charge is -2.45. The minimum Gasteiger partial charge on any atom is -0.493 e. The lowest BCUT2D eigenvalue weighted by molar-refractivity contribution is -0.192. The molecule has 0 unspecified atom stereocenters. The Labute approximate surface area is 234 Å². The molecule has 2 aromatic rings. The van der Waals surface area contributed by atoms with Crippen molar-refractivity contribution in [2.75, 3.05) is 39.8 Å². The summed E-state index contributed by atoms with van der Waals surface area (Å²) in [7, 11) is 7.37. The number of hydrogen-bond donors (Lipinski definition) is 2. The largest absolute Gasteiger partial charge is 0.493 e. The Morgan fingerprint density at radius 3 is 2.28 bits per heavy atom. The first kappa shape index (κ1) is 30.6. The molecule has 1 aliphatic carbocycles. The SMILES string of the molecule is COc1ccc([C@@]23CC[C@@H](NC(=O)N(C)c4ccc(Br)cc4)C[C@@H]2N(C)CC3)cc1OC.O=C(O)C(F)(F)F. The van der Waals surface area contributed by atoms with Gasteiger partial charge in [0.15, 0.2) is 11.5 Å². The molecule has 2 fully saturated rings. The van der Waals surface area contributed by atoms with Gasteiger partial charge in [0.1, 0.15) is 0 Å². The van der Waals surface area contributed by atoms with Gasteiger partial charge in [-0.25, -0.2) is 9.59 Å². The monoisotopic (exact) mass is 615 g/mol. The lowest BCUT2D eigenvalue weighted by atomic mass is 9.65. The van der Waals surface area contributed by atoms with E-state index in [0.717, 1.165) is 53.9 Å². The van der Waals surface area contributed by atoms with Crippen molar-refractivity contribution in [2.45, 2.75) is 49.4 Å². The molecule has 1 saturated carbocycles. The third-order valence-corrected chi connectivity index (χ3v) is 8.10. The normalized spacial score (nSPS) is 22.7. The number of methoxy groups -OCH3 is 2. The van der Waals surface area contributed by atoms with E-state index in [1.54, 1.807) is 19.1 Å². The maximum absolute atomic E-state index is 12.9. The number of ether oxygens (including phenoxy) is 2. The van der Waals surface area contributed by atoms with Gasteiger partial charge in [0.05, 0.1) is 14.2 Å². The molecule has 2 aliphatic rings. The van der Waals surface area contributed by atoms with Crippen LogP contribution in [0.1, 0.15) is 31.2 Å². The number of carbonyl (C=O) groups excluding carboxylic acids is 1. The fourth-order valence-electron chi connectivity index (χ4n) is 5.45. The average molecular weight is 616 g/mol. The highest BCUT2D eigenvalue weighted by molar-refractivity contribution is 9.10. The van der Waals surface area contributed by atoms with Gasteiger partial charge in [-0.2, -0.15) is 13.2 Å². The number of alkyl halides is 3. The summed E-state index contributed by atoms with van der Waals surface area (Å²) in [5, 5.41) is 10.4. The zero-order valence-electron chi connectivity index (χ0n) is 22.2. The second kappa shape index (κ2) is 12.5. The number of carboxylic acids is 1. The lowest BCUT2D eigenvalue weighted by Crippen LogP contribution is -2.53. The Morgan fingerprint density at radius 2 is 1.72 bits per heavy atom. The van der Waals surface area contributed by atoms with Crippen LogP contribution in [0.2, 0.25) is 0 Å². The van der Waals surface area contributed by atoms with E-state index in [4.69, 9.17) is 19.4 Å². The van der Waals surface area contributed by atoms with Gasteiger partial charge in [-0.3, -0.25) is 4.90 Å². The number of anilines is 1. The van der Waals surface area contributed by atoms with Crippen LogP contribution in [-0.2, 0) is 10.2 Å². The Morgan fingerprint density at radius 1 is 1.10 bits per heavy atom. The van der Waals surface area contributed by atoms with E-state index < -0.39 is 12.1 Å². The van der Waals surface area contributed by atoms with Crippen LogP contribution in [0, 0.1) is 0 Å². The summed E-state index contributed by atoms with van der Waals surface area (Å²) < 4.78 is 43.8. The molecular formula is C27H33BrF3N3O5. The molecule has 1 aliphatic heterocycles. The van der Waals surface area contributed by atoms with Crippen LogP contribution in [0.3, 0.4) is 0 Å². The first-order valence-corrected chi connectivity index (χ1v) is 13.1. The smallest absolute Gasteiger partial charge is 0.490 e. The van der Waals surface area contributed by atoms with E-state index in [2.05, 4.69) is 45.3 Å². The van der Waals surface area contributed by atoms with E-state index in [1.807, 2.05) is 37.4 Å². The van der Waals surface area contributed by atoms with Gasteiger partial charge in [-0.1, -0.05) is 22.0 Å². The van der Waals surface area contributed by atoms with E-state index in [0.29, 0.717) is 6.04 Å². The van der Waals surface area contributed by atoms with Gasteiger partial charge in [0.2, 0.25) is 0 Å². The molecule has 39 heavy (non-hydrogen) atoms. The Kier molecular flexibility index (Phi) is 9.76. The molecular weight excluding hydrogens is 583 g/mol. The zero-order chi connectivity index (χ0) is 29.0. The molecule has 8 nitrogen and oxygen atoms in total. The molecule has 1 saturated heterocycles. The molecule has 12 heteroatoms. The molecule has 0 aromatic heterocycles. The van der Waals surface area contributed by atoms with Gasteiger partial charge in [0.25, 0.3) is 0 Å². The number of nitrogens with one attached hydrogen (secondary N) is 1. The number of aliphatic carboxylic acids is 1. The summed E-state index contributed by atoms with van der Waals surface area (Å²) in [5.74, 6) is -1.22. The van der Waals surface area contributed by atoms with Crippen LogP contribution < -0.4 is 19.7 Å². The minimum atomic E-state index is -5.08. The number of nitrogens with zero attached hydrogens (tertiary/aromatic N) is 2. The van der Waals surface area contributed by atoms with Crippen molar-refractivity contribution in [3.63, 3.8) is 0 Å². The molecule has 0 bridgehead atoms. The molecule has 0 radical (unpaired) electrons. The number of carbonyl (C=O) groups is 2. The van der Waals surface area contributed by atoms with Crippen molar-refractivity contribution in [2.24, 2.45) is 0 Å². The van der Waals surface area contributed by atoms with Crippen LogP contribution in [0.15, 0.2) is 46.9 Å². The number of rotatable bonds is 5. The number of benzene rings is 2. The Balaban J connectivity index is 0.000000532. The summed E-state index contributed by atoms with van der Waals surface area (Å²) in [6.07, 6.45) is -1.04. The third-order valence-electron chi connectivity index (χ3n) is 7.57. The number of hydrogen-bond acceptors (Lipinski definition) is 5. The average Bonchev–Trinajstić information content (AvgIpc) is 3.24. The molecule has 0 spiro atoms. The quantitative estimate of drug-likeness (QED) is 0.465. The molecule has 2 N–H and O–H groups in total. The van der Waals surface area contributed by atoms with Gasteiger partial charge in [0, 0.05) is 34.7 Å². The summed E-state index contributed by atoms with van der Waals surface area (Å²) >= 11 is 3.45. The maximum atomic E-state index is 12.9. The highest BCUT2D eigenvalue weighted by Gasteiger charge is 2.50. The van der Waals surface area contributed by atoms with E-state index in [9.17, 15) is 18.0 Å². The second-order valence-electron chi connectivity index (χ2n) is 9.73. The van der Waals surface area contributed by atoms with Crippen molar-refractivity contribution in [1.82, 2.24) is 10.2 Å². The first-order chi connectivity index (χ1) is 18.3. The highest BCUT2D eigenvalue weighted by atomic mass is 79.9. The number of amides is 2. The predicted octanol–water partition coefficient (Wildman–Crippen LogP) is 5.44. The summed E-state index contributed by atoms with van der Waals surface area (Å²) in [6, 6.07) is 14.6. The van der Waals surface area contributed by atoms with Crippen molar-refractivity contribution in [3.8, 4) is 11.5 Å². The van der Waals surface area contributed by atoms with E-state index in [-0.39, 0.29) is 17.5 Å². The van der Waals surface area contributed by atoms with E-state index in [1.165, 1.54) is 5.56 Å². The van der Waals surface area contributed by atoms with Crippen molar-refractivity contribution >= 4 is 33.6 Å². The minimum absolute atomic E-state index is 0.0587. The van der Waals surface area contributed by atoms with Gasteiger partial charge >= 0.3 is 18.2 Å².